The number of methoxy groups -OCH3 is 1. The molecule has 6 atom stereocenters. The molecule has 6 rings (SSSR count). The number of rotatable bonds is 7. The van der Waals surface area contributed by atoms with E-state index < -0.39 is 64.7 Å². The normalized spacial score (nSPS) is 24.9. The molecule has 14 heteroatoms. The van der Waals surface area contributed by atoms with E-state index in [0.717, 1.165) is 0 Å². The van der Waals surface area contributed by atoms with E-state index in [1.165, 1.54) is 7.11 Å². The van der Waals surface area contributed by atoms with Crippen LogP contribution < -0.4 is 9.99 Å². The fraction of sp³-hybridized carbons (Fsp3) is 0.370. The number of halogens is 5. The molecule has 3 aromatic rings. The predicted octanol–water partition coefficient (Wildman–Crippen LogP) is 3.66. The molecule has 1 N–H and O–H groups in total. The molecule has 3 saturated heterocycles. The number of ether oxygens (including phenoxy) is 1. The number of hydrogen-bond donors (Lipinski definition) is 1. The molecular weight excluding hydrogens is 575 g/mol. The number of pyridine rings is 1. The highest BCUT2D eigenvalue weighted by Gasteiger charge is 2.54. The van der Waals surface area contributed by atoms with Crippen LogP contribution in [0, 0.1) is 40.9 Å². The van der Waals surface area contributed by atoms with E-state index in [1.807, 2.05) is 0 Å². The fourth-order valence-corrected chi connectivity index (χ4v) is 6.22. The van der Waals surface area contributed by atoms with Gasteiger partial charge in [-0.05, 0) is 35.7 Å². The third-order valence-electron chi connectivity index (χ3n) is 8.17. The van der Waals surface area contributed by atoms with E-state index in [2.05, 4.69) is 15.9 Å². The molecular formula is C27H26F5N2O6S-. The van der Waals surface area contributed by atoms with Crippen LogP contribution >= 0.6 is 0 Å². The van der Waals surface area contributed by atoms with Gasteiger partial charge in [0.05, 0.1) is 42.6 Å². The maximum atomic E-state index is 14.8. The molecule has 5 unspecified atom stereocenters. The van der Waals surface area contributed by atoms with E-state index >= 15 is 0 Å². The molecule has 2 aromatic carbocycles. The average molecular weight is 602 g/mol. The lowest BCUT2D eigenvalue weighted by atomic mass is 9.71. The molecule has 3 fully saturated rings. The quantitative estimate of drug-likeness (QED) is 0.0643. The van der Waals surface area contributed by atoms with Crippen LogP contribution in [0.25, 0.3) is 10.9 Å². The number of hydrogen-bond acceptors (Lipinski definition) is 7. The second kappa shape index (κ2) is 12.5. The molecule has 41 heavy (non-hydrogen) atoms. The van der Waals surface area contributed by atoms with E-state index in [4.69, 9.17) is 18.8 Å². The van der Waals surface area contributed by atoms with Gasteiger partial charge in [0.15, 0.2) is 23.3 Å². The summed E-state index contributed by atoms with van der Waals surface area (Å²) in [6.45, 7) is 4.27. The third-order valence-corrected chi connectivity index (χ3v) is 8.28. The monoisotopic (exact) mass is 601 g/mol. The van der Waals surface area contributed by atoms with Crippen molar-refractivity contribution in [3.63, 3.8) is 0 Å². The minimum absolute atomic E-state index is 0.00209. The van der Waals surface area contributed by atoms with Gasteiger partial charge < -0.3 is 28.5 Å². The molecule has 0 radical (unpaired) electrons. The van der Waals surface area contributed by atoms with E-state index in [1.54, 1.807) is 36.5 Å². The van der Waals surface area contributed by atoms with Gasteiger partial charge in [-0.1, -0.05) is 6.08 Å². The lowest BCUT2D eigenvalue weighted by Crippen LogP contribution is -2.67. The van der Waals surface area contributed by atoms with Crippen molar-refractivity contribution >= 4 is 22.3 Å². The summed E-state index contributed by atoms with van der Waals surface area (Å²) in [6.07, 6.45) is 3.49. The molecule has 0 spiro atoms. The minimum Gasteiger partial charge on any atom is -0.750 e. The van der Waals surface area contributed by atoms with Crippen LogP contribution in [-0.2, 0) is 22.2 Å². The van der Waals surface area contributed by atoms with E-state index in [9.17, 15) is 27.1 Å². The van der Waals surface area contributed by atoms with Gasteiger partial charge in [-0.25, -0.2) is 26.2 Å². The maximum Gasteiger partial charge on any atom is 0.200 e. The highest BCUT2D eigenvalue weighted by molar-refractivity contribution is 7.73. The summed E-state index contributed by atoms with van der Waals surface area (Å²) in [7, 11) is 1.53. The lowest BCUT2D eigenvalue weighted by molar-refractivity contribution is -0.985. The van der Waals surface area contributed by atoms with Gasteiger partial charge in [0.1, 0.15) is 24.4 Å². The van der Waals surface area contributed by atoms with Gasteiger partial charge >= 0.3 is 0 Å². The Balaban J connectivity index is 0.000000714. The van der Waals surface area contributed by atoms with Crippen molar-refractivity contribution in [2.24, 2.45) is 11.8 Å². The van der Waals surface area contributed by atoms with Gasteiger partial charge in [-0.3, -0.25) is 4.98 Å². The Morgan fingerprint density at radius 2 is 1.80 bits per heavy atom. The summed E-state index contributed by atoms with van der Waals surface area (Å²) in [6, 6.07) is 6.44. The first-order valence-electron chi connectivity index (χ1n) is 12.5. The Kier molecular flexibility index (Phi) is 9.41. The summed E-state index contributed by atoms with van der Waals surface area (Å²) in [4.78, 5) is 4.35. The molecule has 4 heterocycles. The number of piperidine rings is 3. The van der Waals surface area contributed by atoms with Crippen LogP contribution in [0.15, 0.2) is 43.1 Å². The van der Waals surface area contributed by atoms with Gasteiger partial charge in [0.25, 0.3) is 0 Å². The van der Waals surface area contributed by atoms with Gasteiger partial charge in [-0.2, -0.15) is 0 Å². The molecule has 222 valence electrons. The molecule has 8 nitrogen and oxygen atoms in total. The van der Waals surface area contributed by atoms with Gasteiger partial charge in [0.2, 0.25) is 5.82 Å². The molecule has 3 aliphatic heterocycles. The standard InChI is InChI=1S/C27H26F5N2O2.H2O4S/c1-3-14-12-34(13-19-22(28)24(30)26(32)25(31)23(19)29)9-7-15(14)10-21(34)27(35)17-6-8-33-20-5-4-16(36-2)11-18(17)20;1-4-5(2)3/h3-6,8,11,14-15,21,27,35H,1,7,9-10,12-13H2,2H3;1H,(H,2,3)/q+1;/p-2/t14?,15?,21?,27-,34?;/m1./s1. The maximum absolute atomic E-state index is 14.8. The second-order valence-electron chi connectivity index (χ2n) is 10.1. The molecule has 0 amide bonds. The van der Waals surface area contributed by atoms with Crippen molar-refractivity contribution < 1.29 is 54.6 Å². The molecule has 1 aromatic heterocycles. The van der Waals surface area contributed by atoms with Crippen LogP contribution in [0.1, 0.15) is 30.1 Å². The van der Waals surface area contributed by atoms with Crippen molar-refractivity contribution in [2.45, 2.75) is 31.5 Å². The topological polar surface area (TPSA) is 115 Å². The first-order valence-corrected chi connectivity index (χ1v) is 13.5. The van der Waals surface area contributed by atoms with Crippen molar-refractivity contribution in [1.82, 2.24) is 4.98 Å². The molecule has 0 saturated carbocycles. The van der Waals surface area contributed by atoms with Gasteiger partial charge in [0, 0.05) is 30.3 Å². The number of fused-ring (bicyclic) bond motifs is 4. The van der Waals surface area contributed by atoms with Gasteiger partial charge in [-0.15, -0.1) is 6.58 Å². The first-order chi connectivity index (χ1) is 19.5. The molecule has 0 aliphatic carbocycles. The number of quaternary nitrogens is 1. The molecule has 2 bridgehead atoms. The number of aromatic nitrogens is 1. The minimum atomic E-state index is -2.88. The number of aliphatic hydroxyl groups is 1. The molecule has 3 aliphatic rings. The Hall–Kier alpha value is -3.01. The van der Waals surface area contributed by atoms with Crippen LogP contribution in [0.2, 0.25) is 0 Å². The zero-order valence-electron chi connectivity index (χ0n) is 21.7. The van der Waals surface area contributed by atoms with Crippen LogP contribution in [-0.4, -0.2) is 49.6 Å². The largest absolute Gasteiger partial charge is 0.750 e. The number of aliphatic hydroxyl groups excluding tert-OH is 1. The zero-order valence-corrected chi connectivity index (χ0v) is 22.5. The lowest BCUT2D eigenvalue weighted by Gasteiger charge is -2.58. The Morgan fingerprint density at radius 3 is 2.39 bits per heavy atom. The first kappa shape index (κ1) is 30.9. The smallest absolute Gasteiger partial charge is 0.200 e. The fourth-order valence-electron chi connectivity index (χ4n) is 6.22. The zero-order chi connectivity index (χ0) is 30.1. The average Bonchev–Trinajstić information content (AvgIpc) is 3.00. The van der Waals surface area contributed by atoms with E-state index in [-0.39, 0.29) is 16.3 Å². The summed E-state index contributed by atoms with van der Waals surface area (Å²) in [5.41, 5.74) is 0.355. The second-order valence-corrected chi connectivity index (χ2v) is 10.6. The summed E-state index contributed by atoms with van der Waals surface area (Å²) in [5.74, 6) is -8.98. The Morgan fingerprint density at radius 1 is 1.17 bits per heavy atom. The summed E-state index contributed by atoms with van der Waals surface area (Å²) >= 11 is -2.88. The van der Waals surface area contributed by atoms with Crippen molar-refractivity contribution in [3.8, 4) is 5.75 Å². The SMILES string of the molecule is C=CC1C[N+]2(Cc3c(F)c(F)c(F)c(F)c3F)CCC1CC2[C@H](O)c1ccnc2ccc(OC)cc12.O=S([O-])O[O-]. The Labute approximate surface area is 234 Å². The summed E-state index contributed by atoms with van der Waals surface area (Å²) in [5, 5.41) is 20.9. The van der Waals surface area contributed by atoms with Crippen LogP contribution in [0.3, 0.4) is 0 Å². The van der Waals surface area contributed by atoms with Crippen molar-refractivity contribution in [3.05, 3.63) is 83.3 Å². The predicted molar refractivity (Wildman–Crippen MR) is 133 cm³/mol. The van der Waals surface area contributed by atoms with Crippen LogP contribution in [0.4, 0.5) is 22.0 Å². The van der Waals surface area contributed by atoms with Crippen LogP contribution in [0.5, 0.6) is 5.75 Å². The summed E-state index contributed by atoms with van der Waals surface area (Å²) < 4.78 is 96.7. The number of benzene rings is 2. The third kappa shape index (κ3) is 5.85. The Bertz CT molecular complexity index is 1450. The van der Waals surface area contributed by atoms with Crippen molar-refractivity contribution in [2.75, 3.05) is 20.2 Å². The highest BCUT2D eigenvalue weighted by Crippen LogP contribution is 2.48. The highest BCUT2D eigenvalue weighted by atomic mass is 32.2. The van der Waals surface area contributed by atoms with Crippen molar-refractivity contribution in [1.29, 1.82) is 0 Å². The number of nitrogens with zero attached hydrogens (tertiary/aromatic N) is 2. The van der Waals surface area contributed by atoms with E-state index in [0.29, 0.717) is 48.1 Å².